The highest BCUT2D eigenvalue weighted by molar-refractivity contribution is 5.63. The first-order valence-corrected chi connectivity index (χ1v) is 7.72. The minimum atomic E-state index is -0.924. The number of nitrogens with zero attached hydrogens (tertiary/aromatic N) is 2. The summed E-state index contributed by atoms with van der Waals surface area (Å²) in [5, 5.41) is 17.4. The number of rotatable bonds is 11. The van der Waals surface area contributed by atoms with Crippen LogP contribution in [0.4, 0.5) is 0 Å². The van der Waals surface area contributed by atoms with Crippen LogP contribution in [-0.4, -0.2) is 16.3 Å². The molecule has 0 aliphatic rings. The monoisotopic (exact) mass is 281 g/mol. The van der Waals surface area contributed by atoms with Gasteiger partial charge in [0.15, 0.2) is 5.69 Å². The number of carbonyl (C=O) groups excluding carboxylic acids is 1. The van der Waals surface area contributed by atoms with Crippen LogP contribution in [-0.2, 0) is 11.3 Å². The Labute approximate surface area is 121 Å². The molecule has 0 unspecified atom stereocenters. The third kappa shape index (κ3) is 6.68. The zero-order valence-electron chi connectivity index (χ0n) is 12.8. The summed E-state index contributed by atoms with van der Waals surface area (Å²) in [6.07, 6.45) is 9.25. The largest absolute Gasteiger partial charge is 0.550 e. The molecule has 1 rings (SSSR count). The maximum absolute atomic E-state index is 10.2. The van der Waals surface area contributed by atoms with E-state index in [1.807, 2.05) is 6.92 Å². The topological polar surface area (TPSA) is 72.7 Å². The molecule has 0 aliphatic heterocycles. The number of hydrogen-bond donors (Lipinski definition) is 1. The zero-order chi connectivity index (χ0) is 14.8. The lowest BCUT2D eigenvalue weighted by Crippen LogP contribution is -2.38. The molecule has 1 N–H and O–H groups in total. The number of aromatic amines is 1. The third-order valence-electron chi connectivity index (χ3n) is 3.78. The van der Waals surface area contributed by atoms with Crippen LogP contribution < -0.4 is 9.79 Å². The van der Waals surface area contributed by atoms with Gasteiger partial charge in [0, 0.05) is 24.9 Å². The number of nitrogens with one attached hydrogen (secondary N) is 1. The molecule has 1 heterocycles. The lowest BCUT2D eigenvalue weighted by molar-refractivity contribution is -0.759. The Morgan fingerprint density at radius 3 is 2.10 bits per heavy atom. The van der Waals surface area contributed by atoms with Crippen molar-refractivity contribution in [1.29, 1.82) is 0 Å². The number of aromatic nitrogens is 3. The van der Waals surface area contributed by atoms with Crippen molar-refractivity contribution in [1.82, 2.24) is 10.3 Å². The van der Waals surface area contributed by atoms with Gasteiger partial charge < -0.3 is 9.90 Å². The van der Waals surface area contributed by atoms with Crippen molar-refractivity contribution in [2.75, 3.05) is 0 Å². The van der Waals surface area contributed by atoms with Gasteiger partial charge in [0.2, 0.25) is 5.69 Å². The highest BCUT2D eigenvalue weighted by Gasteiger charge is 2.10. The Morgan fingerprint density at radius 2 is 1.60 bits per heavy atom. The summed E-state index contributed by atoms with van der Waals surface area (Å²) in [6, 6.07) is 0. The first kappa shape index (κ1) is 16.7. The van der Waals surface area contributed by atoms with Crippen molar-refractivity contribution in [3.8, 4) is 0 Å². The third-order valence-corrected chi connectivity index (χ3v) is 3.78. The number of carboxylic acids is 1. The highest BCUT2D eigenvalue weighted by Crippen LogP contribution is 2.09. The Bertz CT molecular complexity index is 402. The van der Waals surface area contributed by atoms with E-state index in [2.05, 4.69) is 21.9 Å². The molecular formula is C15H27N3O2. The molecule has 0 atom stereocenters. The summed E-state index contributed by atoms with van der Waals surface area (Å²) in [6.45, 7) is 5.12. The van der Waals surface area contributed by atoms with E-state index in [4.69, 9.17) is 0 Å². The normalized spacial score (nSPS) is 10.9. The van der Waals surface area contributed by atoms with Crippen molar-refractivity contribution in [2.24, 2.45) is 0 Å². The summed E-state index contributed by atoms with van der Waals surface area (Å²) in [5.74, 6) is -0.924. The van der Waals surface area contributed by atoms with Crippen LogP contribution in [0.25, 0.3) is 0 Å². The molecule has 0 aliphatic carbocycles. The molecule has 0 fully saturated rings. The highest BCUT2D eigenvalue weighted by atomic mass is 16.4. The molecule has 0 bridgehead atoms. The summed E-state index contributed by atoms with van der Waals surface area (Å²) in [4.78, 5) is 10.2. The van der Waals surface area contributed by atoms with Crippen molar-refractivity contribution in [2.45, 2.75) is 78.2 Å². The van der Waals surface area contributed by atoms with E-state index in [9.17, 15) is 9.90 Å². The number of aliphatic carboxylic acids is 1. The summed E-state index contributed by atoms with van der Waals surface area (Å²) < 4.78 is 2.11. The Morgan fingerprint density at radius 1 is 1.05 bits per heavy atom. The second-order valence-corrected chi connectivity index (χ2v) is 5.48. The molecule has 20 heavy (non-hydrogen) atoms. The fourth-order valence-corrected chi connectivity index (χ4v) is 2.30. The van der Waals surface area contributed by atoms with E-state index >= 15 is 0 Å². The summed E-state index contributed by atoms with van der Waals surface area (Å²) >= 11 is 0. The van der Waals surface area contributed by atoms with Crippen LogP contribution in [0.3, 0.4) is 0 Å². The van der Waals surface area contributed by atoms with Gasteiger partial charge >= 0.3 is 0 Å². The van der Waals surface area contributed by atoms with Gasteiger partial charge in [0.05, 0.1) is 0 Å². The standard InChI is InChI=1S/C15H27N3O2/c1-13-14(2)18(17-16-13)12-10-8-6-4-3-5-7-9-11-15(19)20/h3-12H2,1-2H3,(H,19,20). The summed E-state index contributed by atoms with van der Waals surface area (Å²) in [5.41, 5.74) is 2.29. The van der Waals surface area contributed by atoms with Gasteiger partial charge in [-0.05, 0) is 25.7 Å². The van der Waals surface area contributed by atoms with Crippen LogP contribution in [0.5, 0.6) is 0 Å². The molecule has 1 aromatic heterocycles. The van der Waals surface area contributed by atoms with Crippen molar-refractivity contribution in [3.63, 3.8) is 0 Å². The molecular weight excluding hydrogens is 254 g/mol. The van der Waals surface area contributed by atoms with E-state index in [0.29, 0.717) is 0 Å². The van der Waals surface area contributed by atoms with Crippen molar-refractivity contribution in [3.05, 3.63) is 11.4 Å². The maximum Gasteiger partial charge on any atom is 0.218 e. The molecule has 0 saturated carbocycles. The number of aryl methyl sites for hydroxylation is 2. The van der Waals surface area contributed by atoms with Gasteiger partial charge in [-0.15, -0.1) is 0 Å². The average molecular weight is 281 g/mol. The Hall–Kier alpha value is -1.39. The van der Waals surface area contributed by atoms with Crippen LogP contribution in [0.1, 0.15) is 69.2 Å². The van der Waals surface area contributed by atoms with E-state index < -0.39 is 5.97 Å². The minimum Gasteiger partial charge on any atom is -0.550 e. The van der Waals surface area contributed by atoms with E-state index in [1.165, 1.54) is 37.8 Å². The SMILES string of the molecule is Cc1n[nH][n+](CCCCCCCCCCC(=O)[O-])c1C. The number of H-pyrrole nitrogens is 1. The molecule has 1 aromatic rings. The minimum absolute atomic E-state index is 0.209. The predicted octanol–water partition coefficient (Wildman–Crippen LogP) is 1.57. The lowest BCUT2D eigenvalue weighted by Gasteiger charge is -2.03. The molecule has 5 nitrogen and oxygen atoms in total. The van der Waals surface area contributed by atoms with Crippen molar-refractivity contribution >= 4 is 5.97 Å². The molecule has 0 spiro atoms. The van der Waals surface area contributed by atoms with Gasteiger partial charge in [0.25, 0.3) is 0 Å². The molecule has 114 valence electrons. The lowest BCUT2D eigenvalue weighted by atomic mass is 10.1. The second kappa shape index (κ2) is 9.50. The van der Waals surface area contributed by atoms with E-state index in [1.54, 1.807) is 0 Å². The molecule has 5 heteroatoms. The molecule has 0 radical (unpaired) electrons. The van der Waals surface area contributed by atoms with Crippen LogP contribution in [0.2, 0.25) is 0 Å². The summed E-state index contributed by atoms with van der Waals surface area (Å²) in [7, 11) is 0. The Balaban J connectivity index is 1.90. The Kier molecular flexibility index (Phi) is 7.92. The molecule has 0 saturated heterocycles. The number of carboxylic acid groups (broad SMARTS) is 1. The van der Waals surface area contributed by atoms with E-state index in [0.717, 1.165) is 31.5 Å². The van der Waals surface area contributed by atoms with Crippen LogP contribution in [0.15, 0.2) is 0 Å². The number of hydrogen-bond acceptors (Lipinski definition) is 3. The van der Waals surface area contributed by atoms with Gasteiger partial charge in [-0.2, -0.15) is 4.68 Å². The molecule has 0 aromatic carbocycles. The predicted molar refractivity (Wildman–Crippen MR) is 74.8 cm³/mol. The first-order valence-electron chi connectivity index (χ1n) is 7.72. The second-order valence-electron chi connectivity index (χ2n) is 5.48. The number of carbonyl (C=O) groups is 1. The van der Waals surface area contributed by atoms with Gasteiger partial charge in [-0.1, -0.05) is 37.3 Å². The van der Waals surface area contributed by atoms with Crippen molar-refractivity contribution < 1.29 is 14.6 Å². The average Bonchev–Trinajstić information content (AvgIpc) is 2.72. The maximum atomic E-state index is 10.2. The fraction of sp³-hybridized carbons (Fsp3) is 0.800. The number of unbranched alkanes of at least 4 members (excludes halogenated alkanes) is 7. The van der Waals surface area contributed by atoms with E-state index in [-0.39, 0.29) is 6.42 Å². The zero-order valence-corrected chi connectivity index (χ0v) is 12.8. The van der Waals surface area contributed by atoms with Crippen LogP contribution in [0, 0.1) is 13.8 Å². The quantitative estimate of drug-likeness (QED) is 0.494. The molecule has 0 amide bonds. The van der Waals surface area contributed by atoms with Gasteiger partial charge in [-0.3, -0.25) is 0 Å². The fourth-order valence-electron chi connectivity index (χ4n) is 2.30. The first-order chi connectivity index (χ1) is 9.61. The van der Waals surface area contributed by atoms with Gasteiger partial charge in [0.1, 0.15) is 6.54 Å². The van der Waals surface area contributed by atoms with Gasteiger partial charge in [-0.25, -0.2) is 0 Å². The van der Waals surface area contributed by atoms with Crippen LogP contribution >= 0.6 is 0 Å². The smallest absolute Gasteiger partial charge is 0.218 e.